The first kappa shape index (κ1) is 12.0. The van der Waals surface area contributed by atoms with Gasteiger partial charge in [-0.3, -0.25) is 4.90 Å². The van der Waals surface area contributed by atoms with Crippen molar-refractivity contribution >= 4 is 0 Å². The average molecular weight is 256 g/mol. The van der Waals surface area contributed by atoms with Crippen molar-refractivity contribution in [3.63, 3.8) is 0 Å². The van der Waals surface area contributed by atoms with Gasteiger partial charge < -0.3 is 5.32 Å². The van der Waals surface area contributed by atoms with E-state index in [4.69, 9.17) is 0 Å². The summed E-state index contributed by atoms with van der Waals surface area (Å²) >= 11 is 0. The quantitative estimate of drug-likeness (QED) is 0.815. The van der Waals surface area contributed by atoms with Crippen LogP contribution in [0.15, 0.2) is 12.1 Å². The largest absolute Gasteiger partial charge is 0.309 e. The van der Waals surface area contributed by atoms with E-state index < -0.39 is 17.5 Å². The van der Waals surface area contributed by atoms with Crippen LogP contribution < -0.4 is 5.32 Å². The van der Waals surface area contributed by atoms with Crippen molar-refractivity contribution in [2.75, 3.05) is 13.1 Å². The first-order valence-corrected chi connectivity index (χ1v) is 6.23. The molecule has 2 unspecified atom stereocenters. The molecule has 1 aromatic carbocycles. The third kappa shape index (κ3) is 2.24. The second kappa shape index (κ2) is 4.55. The molecule has 1 N–H and O–H groups in total. The SMILES string of the molecule is Fc1cc(F)c(F)c(CN2CC3CCC(C2)N3)c1. The van der Waals surface area contributed by atoms with Gasteiger partial charge in [0.1, 0.15) is 5.82 Å². The van der Waals surface area contributed by atoms with Gasteiger partial charge in [-0.1, -0.05) is 0 Å². The first-order chi connectivity index (χ1) is 8.61. The molecule has 5 heteroatoms. The second-order valence-electron chi connectivity index (χ2n) is 5.19. The number of benzene rings is 1. The topological polar surface area (TPSA) is 15.3 Å². The normalized spacial score (nSPS) is 27.7. The molecule has 0 saturated carbocycles. The Morgan fingerprint density at radius 2 is 1.78 bits per heavy atom. The van der Waals surface area contributed by atoms with Crippen LogP contribution in [-0.4, -0.2) is 30.1 Å². The molecule has 98 valence electrons. The summed E-state index contributed by atoms with van der Waals surface area (Å²) in [6.07, 6.45) is 2.25. The predicted octanol–water partition coefficient (Wildman–Crippen LogP) is 2.04. The maximum atomic E-state index is 13.6. The van der Waals surface area contributed by atoms with E-state index in [0.717, 1.165) is 32.0 Å². The third-order valence-corrected chi connectivity index (χ3v) is 3.75. The highest BCUT2D eigenvalue weighted by Crippen LogP contribution is 2.23. The van der Waals surface area contributed by atoms with Crippen LogP contribution in [0.1, 0.15) is 18.4 Å². The minimum atomic E-state index is -1.11. The number of likely N-dealkylation sites (tertiary alicyclic amines) is 1. The van der Waals surface area contributed by atoms with E-state index in [1.807, 2.05) is 0 Å². The van der Waals surface area contributed by atoms with Crippen molar-refractivity contribution in [1.29, 1.82) is 0 Å². The fourth-order valence-corrected chi connectivity index (χ4v) is 2.98. The number of nitrogens with one attached hydrogen (secondary N) is 1. The lowest BCUT2D eigenvalue weighted by molar-refractivity contribution is 0.186. The average Bonchev–Trinajstić information content (AvgIpc) is 2.65. The molecule has 2 saturated heterocycles. The number of hydrogen-bond donors (Lipinski definition) is 1. The monoisotopic (exact) mass is 256 g/mol. The van der Waals surface area contributed by atoms with Gasteiger partial charge >= 0.3 is 0 Å². The molecular formula is C13H15F3N2. The van der Waals surface area contributed by atoms with E-state index in [2.05, 4.69) is 10.2 Å². The summed E-state index contributed by atoms with van der Waals surface area (Å²) in [7, 11) is 0. The van der Waals surface area contributed by atoms with Crippen LogP contribution in [-0.2, 0) is 6.54 Å². The molecule has 3 rings (SSSR count). The molecule has 2 fully saturated rings. The van der Waals surface area contributed by atoms with Crippen molar-refractivity contribution in [2.45, 2.75) is 31.5 Å². The zero-order chi connectivity index (χ0) is 12.7. The second-order valence-corrected chi connectivity index (χ2v) is 5.19. The van der Waals surface area contributed by atoms with Crippen LogP contribution in [0, 0.1) is 17.5 Å². The van der Waals surface area contributed by atoms with Gasteiger partial charge in [0.2, 0.25) is 0 Å². The minimum absolute atomic E-state index is 0.105. The number of piperazine rings is 1. The fourth-order valence-electron chi connectivity index (χ4n) is 2.98. The highest BCUT2D eigenvalue weighted by Gasteiger charge is 2.32. The van der Waals surface area contributed by atoms with E-state index >= 15 is 0 Å². The fraction of sp³-hybridized carbons (Fsp3) is 0.538. The highest BCUT2D eigenvalue weighted by molar-refractivity contribution is 5.20. The van der Waals surface area contributed by atoms with Crippen LogP contribution in [0.2, 0.25) is 0 Å². The Kier molecular flexibility index (Phi) is 3.03. The lowest BCUT2D eigenvalue weighted by Crippen LogP contribution is -2.50. The number of hydrogen-bond acceptors (Lipinski definition) is 2. The van der Waals surface area contributed by atoms with Gasteiger partial charge in [-0.05, 0) is 18.9 Å². The van der Waals surface area contributed by atoms with E-state index in [1.54, 1.807) is 0 Å². The Morgan fingerprint density at radius 1 is 1.11 bits per heavy atom. The molecular weight excluding hydrogens is 241 g/mol. The van der Waals surface area contributed by atoms with Gasteiger partial charge in [0.05, 0.1) is 0 Å². The zero-order valence-corrected chi connectivity index (χ0v) is 9.93. The van der Waals surface area contributed by atoms with Gasteiger partial charge in [0.25, 0.3) is 0 Å². The van der Waals surface area contributed by atoms with Gasteiger partial charge in [0, 0.05) is 43.3 Å². The van der Waals surface area contributed by atoms with Crippen molar-refractivity contribution < 1.29 is 13.2 Å². The zero-order valence-electron chi connectivity index (χ0n) is 9.93. The molecule has 2 aliphatic rings. The molecule has 18 heavy (non-hydrogen) atoms. The van der Waals surface area contributed by atoms with Crippen LogP contribution in [0.3, 0.4) is 0 Å². The number of fused-ring (bicyclic) bond motifs is 2. The summed E-state index contributed by atoms with van der Waals surface area (Å²) in [6.45, 7) is 1.90. The first-order valence-electron chi connectivity index (χ1n) is 6.23. The number of halogens is 3. The standard InChI is InChI=1S/C13H15F3N2/c14-9-3-8(13(16)12(15)4-9)5-18-6-10-1-2-11(7-18)17-10/h3-4,10-11,17H,1-2,5-7H2. The molecule has 2 atom stereocenters. The summed E-state index contributed by atoms with van der Waals surface area (Å²) in [6, 6.07) is 2.54. The summed E-state index contributed by atoms with van der Waals surface area (Å²) < 4.78 is 39.8. The molecule has 2 bridgehead atoms. The summed E-state index contributed by atoms with van der Waals surface area (Å²) in [5, 5.41) is 3.46. The Hall–Kier alpha value is -1.07. The van der Waals surface area contributed by atoms with Crippen LogP contribution in [0.4, 0.5) is 13.2 Å². The van der Waals surface area contributed by atoms with E-state index in [0.29, 0.717) is 18.2 Å². The van der Waals surface area contributed by atoms with Gasteiger partial charge in [0.15, 0.2) is 11.6 Å². The molecule has 0 radical (unpaired) electrons. The molecule has 2 nitrogen and oxygen atoms in total. The maximum Gasteiger partial charge on any atom is 0.163 e. The maximum absolute atomic E-state index is 13.6. The third-order valence-electron chi connectivity index (χ3n) is 3.75. The lowest BCUT2D eigenvalue weighted by Gasteiger charge is -2.32. The van der Waals surface area contributed by atoms with E-state index in [-0.39, 0.29) is 12.1 Å². The molecule has 0 spiro atoms. The van der Waals surface area contributed by atoms with Crippen LogP contribution in [0.5, 0.6) is 0 Å². The summed E-state index contributed by atoms with van der Waals surface area (Å²) in [5.41, 5.74) is 0.105. The summed E-state index contributed by atoms with van der Waals surface area (Å²) in [4.78, 5) is 2.07. The van der Waals surface area contributed by atoms with Crippen LogP contribution in [0.25, 0.3) is 0 Å². The van der Waals surface area contributed by atoms with Gasteiger partial charge in [-0.2, -0.15) is 0 Å². The molecule has 2 heterocycles. The predicted molar refractivity (Wildman–Crippen MR) is 61.5 cm³/mol. The van der Waals surface area contributed by atoms with Crippen molar-refractivity contribution in [2.24, 2.45) is 0 Å². The molecule has 0 aliphatic carbocycles. The Labute approximate surface area is 104 Å². The number of nitrogens with zero attached hydrogens (tertiary/aromatic N) is 1. The molecule has 0 aromatic heterocycles. The highest BCUT2D eigenvalue weighted by atomic mass is 19.2. The smallest absolute Gasteiger partial charge is 0.163 e. The Morgan fingerprint density at radius 3 is 2.44 bits per heavy atom. The van der Waals surface area contributed by atoms with Crippen LogP contribution >= 0.6 is 0 Å². The Bertz CT molecular complexity index is 452. The van der Waals surface area contributed by atoms with Gasteiger partial charge in [-0.25, -0.2) is 13.2 Å². The van der Waals surface area contributed by atoms with Crippen molar-refractivity contribution in [3.05, 3.63) is 35.1 Å². The molecule has 0 amide bonds. The molecule has 1 aromatic rings. The molecule has 2 aliphatic heterocycles. The van der Waals surface area contributed by atoms with E-state index in [9.17, 15) is 13.2 Å². The van der Waals surface area contributed by atoms with Crippen molar-refractivity contribution in [3.8, 4) is 0 Å². The van der Waals surface area contributed by atoms with Crippen molar-refractivity contribution in [1.82, 2.24) is 10.2 Å². The Balaban J connectivity index is 1.76. The number of rotatable bonds is 2. The summed E-state index contributed by atoms with van der Waals surface area (Å²) in [5.74, 6) is -2.76. The van der Waals surface area contributed by atoms with E-state index in [1.165, 1.54) is 0 Å². The minimum Gasteiger partial charge on any atom is -0.309 e. The van der Waals surface area contributed by atoms with Gasteiger partial charge in [-0.15, -0.1) is 0 Å². The lowest BCUT2D eigenvalue weighted by atomic mass is 10.1.